The molecular weight excluding hydrogens is 266 g/mol. The van der Waals surface area contributed by atoms with Gasteiger partial charge in [-0.05, 0) is 37.0 Å². The molecule has 0 radical (unpaired) electrons. The fraction of sp³-hybridized carbons (Fsp3) is 0.571. The molecule has 0 atom stereocenters. The maximum Gasteiger partial charge on any atom is 0.241 e. The number of hydrogen-bond acceptors (Lipinski definition) is 6. The molecule has 0 spiro atoms. The largest absolute Gasteiger partial charge is 0.357 e. The first-order valence-corrected chi connectivity index (χ1v) is 7.45. The lowest BCUT2D eigenvalue weighted by Crippen LogP contribution is -2.20. The molecule has 2 heterocycles. The highest BCUT2D eigenvalue weighted by Crippen LogP contribution is 2.61. The van der Waals surface area contributed by atoms with Gasteiger partial charge in [-0.2, -0.15) is 15.0 Å². The van der Waals surface area contributed by atoms with Crippen LogP contribution in [-0.2, 0) is 0 Å². The fourth-order valence-corrected chi connectivity index (χ4v) is 2.89. The highest BCUT2D eigenvalue weighted by molar-refractivity contribution is 5.38. The third-order valence-corrected chi connectivity index (χ3v) is 4.52. The van der Waals surface area contributed by atoms with Crippen molar-refractivity contribution in [1.82, 2.24) is 24.5 Å². The van der Waals surface area contributed by atoms with Crippen LogP contribution in [0.2, 0.25) is 0 Å². The van der Waals surface area contributed by atoms with Gasteiger partial charge in [0.25, 0.3) is 0 Å². The molecule has 0 saturated heterocycles. The highest BCUT2D eigenvalue weighted by atomic mass is 15.3. The van der Waals surface area contributed by atoms with Crippen LogP contribution in [-0.4, -0.2) is 38.1 Å². The van der Waals surface area contributed by atoms with Gasteiger partial charge in [-0.1, -0.05) is 0 Å². The zero-order valence-corrected chi connectivity index (χ0v) is 12.1. The van der Waals surface area contributed by atoms with Crippen molar-refractivity contribution in [1.29, 1.82) is 0 Å². The van der Waals surface area contributed by atoms with Gasteiger partial charge < -0.3 is 10.6 Å². The Morgan fingerprint density at radius 3 is 2.67 bits per heavy atom. The predicted octanol–water partition coefficient (Wildman–Crippen LogP) is 1.70. The standard InChI is InChI=1S/C14H19N7/c1-15-11-18-12(17-8-14(4-5-14)10-2-3-10)20-13(19-11)21-7-6-16-9-21/h6-7,9-10H,2-5,8H2,1H3,(H2,15,17,18,19,20). The van der Waals surface area contributed by atoms with E-state index in [9.17, 15) is 0 Å². The summed E-state index contributed by atoms with van der Waals surface area (Å²) in [5.41, 5.74) is 0.515. The van der Waals surface area contributed by atoms with E-state index in [1.165, 1.54) is 25.7 Å². The summed E-state index contributed by atoms with van der Waals surface area (Å²) >= 11 is 0. The Morgan fingerprint density at radius 1 is 1.24 bits per heavy atom. The summed E-state index contributed by atoms with van der Waals surface area (Å²) in [5.74, 6) is 2.69. The van der Waals surface area contributed by atoms with Crippen LogP contribution in [0.15, 0.2) is 18.7 Å². The van der Waals surface area contributed by atoms with Gasteiger partial charge in [0.2, 0.25) is 17.8 Å². The molecule has 7 heteroatoms. The minimum Gasteiger partial charge on any atom is -0.357 e. The molecule has 4 rings (SSSR count). The van der Waals surface area contributed by atoms with Gasteiger partial charge in [0.05, 0.1) is 0 Å². The van der Waals surface area contributed by atoms with Crippen molar-refractivity contribution in [2.45, 2.75) is 25.7 Å². The Hall–Kier alpha value is -2.18. The second-order valence-corrected chi connectivity index (χ2v) is 5.99. The second-order valence-electron chi connectivity index (χ2n) is 5.99. The lowest BCUT2D eigenvalue weighted by atomic mass is 10.0. The van der Waals surface area contributed by atoms with Gasteiger partial charge >= 0.3 is 0 Å². The van der Waals surface area contributed by atoms with E-state index >= 15 is 0 Å². The summed E-state index contributed by atoms with van der Waals surface area (Å²) in [5, 5.41) is 6.39. The molecule has 0 aromatic carbocycles. The van der Waals surface area contributed by atoms with Gasteiger partial charge in [0, 0.05) is 26.0 Å². The molecule has 0 bridgehead atoms. The molecular formula is C14H19N7. The first-order valence-electron chi connectivity index (χ1n) is 7.45. The number of nitrogens with zero attached hydrogens (tertiary/aromatic N) is 5. The van der Waals surface area contributed by atoms with E-state index in [-0.39, 0.29) is 0 Å². The quantitative estimate of drug-likeness (QED) is 0.841. The van der Waals surface area contributed by atoms with Crippen LogP contribution in [0.3, 0.4) is 0 Å². The van der Waals surface area contributed by atoms with E-state index in [1.54, 1.807) is 17.1 Å². The molecule has 2 N–H and O–H groups in total. The Labute approximate surface area is 123 Å². The minimum absolute atomic E-state index is 0.515. The van der Waals surface area contributed by atoms with Crippen LogP contribution in [0.25, 0.3) is 5.95 Å². The molecule has 0 unspecified atom stereocenters. The van der Waals surface area contributed by atoms with Crippen molar-refractivity contribution in [3.63, 3.8) is 0 Å². The number of aromatic nitrogens is 5. The van der Waals surface area contributed by atoms with Crippen molar-refractivity contribution in [3.8, 4) is 5.95 Å². The Kier molecular flexibility index (Phi) is 2.80. The molecule has 0 amide bonds. The Bertz CT molecular complexity index is 629. The fourth-order valence-electron chi connectivity index (χ4n) is 2.89. The van der Waals surface area contributed by atoms with Crippen molar-refractivity contribution >= 4 is 11.9 Å². The van der Waals surface area contributed by atoms with Gasteiger partial charge in [-0.3, -0.25) is 4.57 Å². The van der Waals surface area contributed by atoms with Crippen LogP contribution in [0, 0.1) is 11.3 Å². The molecule has 2 fully saturated rings. The van der Waals surface area contributed by atoms with Gasteiger partial charge in [0.15, 0.2) is 0 Å². The summed E-state index contributed by atoms with van der Waals surface area (Å²) in [6.07, 6.45) is 10.7. The van der Waals surface area contributed by atoms with E-state index in [0.717, 1.165) is 12.5 Å². The van der Waals surface area contributed by atoms with E-state index in [1.807, 2.05) is 13.2 Å². The van der Waals surface area contributed by atoms with Gasteiger partial charge in [-0.25, -0.2) is 4.98 Å². The summed E-state index contributed by atoms with van der Waals surface area (Å²) < 4.78 is 1.78. The predicted molar refractivity (Wildman–Crippen MR) is 79.4 cm³/mol. The topological polar surface area (TPSA) is 80.5 Å². The SMILES string of the molecule is CNc1nc(NCC2(C3CC3)CC2)nc(-n2ccnc2)n1. The summed E-state index contributed by atoms with van der Waals surface area (Å²) in [6.45, 7) is 0.966. The average molecular weight is 285 g/mol. The highest BCUT2D eigenvalue weighted by Gasteiger charge is 2.53. The number of rotatable bonds is 6. The third-order valence-electron chi connectivity index (χ3n) is 4.52. The second kappa shape index (κ2) is 4.68. The molecule has 2 aromatic heterocycles. The summed E-state index contributed by atoms with van der Waals surface area (Å²) in [6, 6.07) is 0. The molecule has 2 aliphatic carbocycles. The van der Waals surface area contributed by atoms with Crippen molar-refractivity contribution in [3.05, 3.63) is 18.7 Å². The number of hydrogen-bond donors (Lipinski definition) is 2. The molecule has 110 valence electrons. The van der Waals surface area contributed by atoms with E-state index in [0.29, 0.717) is 23.3 Å². The zero-order chi connectivity index (χ0) is 14.3. The molecule has 2 saturated carbocycles. The van der Waals surface area contributed by atoms with E-state index in [4.69, 9.17) is 0 Å². The monoisotopic (exact) mass is 285 g/mol. The number of imidazole rings is 1. The third kappa shape index (κ3) is 2.43. The molecule has 0 aliphatic heterocycles. The zero-order valence-electron chi connectivity index (χ0n) is 12.1. The molecule has 7 nitrogen and oxygen atoms in total. The van der Waals surface area contributed by atoms with E-state index in [2.05, 4.69) is 30.6 Å². The molecule has 21 heavy (non-hydrogen) atoms. The molecule has 2 aromatic rings. The lowest BCUT2D eigenvalue weighted by molar-refractivity contribution is 0.465. The van der Waals surface area contributed by atoms with Crippen molar-refractivity contribution < 1.29 is 0 Å². The van der Waals surface area contributed by atoms with Crippen LogP contribution in [0.4, 0.5) is 11.9 Å². The van der Waals surface area contributed by atoms with Crippen LogP contribution < -0.4 is 10.6 Å². The van der Waals surface area contributed by atoms with Crippen LogP contribution in [0.5, 0.6) is 0 Å². The first-order chi connectivity index (χ1) is 10.3. The Morgan fingerprint density at radius 2 is 2.05 bits per heavy atom. The number of nitrogens with one attached hydrogen (secondary N) is 2. The van der Waals surface area contributed by atoms with Gasteiger partial charge in [-0.15, -0.1) is 0 Å². The van der Waals surface area contributed by atoms with Gasteiger partial charge in [0.1, 0.15) is 6.33 Å². The summed E-state index contributed by atoms with van der Waals surface area (Å²) in [7, 11) is 1.81. The minimum atomic E-state index is 0.515. The average Bonchev–Trinajstić information content (AvgIpc) is 3.43. The van der Waals surface area contributed by atoms with E-state index < -0.39 is 0 Å². The maximum atomic E-state index is 4.48. The lowest BCUT2D eigenvalue weighted by Gasteiger charge is -2.15. The maximum absolute atomic E-state index is 4.48. The van der Waals surface area contributed by atoms with Crippen LogP contribution in [0.1, 0.15) is 25.7 Å². The molecule has 2 aliphatic rings. The van der Waals surface area contributed by atoms with Crippen molar-refractivity contribution in [2.75, 3.05) is 24.2 Å². The Balaban J connectivity index is 1.55. The normalized spacial score (nSPS) is 19.3. The first kappa shape index (κ1) is 12.6. The van der Waals surface area contributed by atoms with Crippen molar-refractivity contribution in [2.24, 2.45) is 11.3 Å². The number of anilines is 2. The summed E-state index contributed by atoms with van der Waals surface area (Å²) in [4.78, 5) is 17.3. The smallest absolute Gasteiger partial charge is 0.241 e. The van der Waals surface area contributed by atoms with Crippen LogP contribution >= 0.6 is 0 Å².